The molecule has 0 spiro atoms. The highest BCUT2D eigenvalue weighted by atomic mass is 35.5. The van der Waals surface area contributed by atoms with Gasteiger partial charge in [0.15, 0.2) is 5.82 Å². The van der Waals surface area contributed by atoms with Crippen molar-refractivity contribution in [1.82, 2.24) is 9.19 Å². The minimum Gasteiger partial charge on any atom is -0.322 e. The predicted octanol–water partition coefficient (Wildman–Crippen LogP) is 4.16. The average Bonchev–Trinajstić information content (AvgIpc) is 3.50. The van der Waals surface area contributed by atoms with Crippen LogP contribution in [0.2, 0.25) is 10.0 Å². The number of halogens is 2. The van der Waals surface area contributed by atoms with Gasteiger partial charge in [-0.15, -0.1) is 4.09 Å². The monoisotopic (exact) mass is 521 g/mol. The van der Waals surface area contributed by atoms with Crippen LogP contribution in [-0.4, -0.2) is 41.5 Å². The molecule has 0 atom stereocenters. The maximum atomic E-state index is 13.6. The Labute approximate surface area is 204 Å². The topological polar surface area (TPSA) is 119 Å². The number of para-hydroxylation sites is 1. The van der Waals surface area contributed by atoms with Gasteiger partial charge >= 0.3 is 0 Å². The third-order valence-corrected chi connectivity index (χ3v) is 8.07. The Bertz CT molecular complexity index is 1440. The Morgan fingerprint density at radius 3 is 2.41 bits per heavy atom. The molecule has 1 amide bonds. The van der Waals surface area contributed by atoms with E-state index in [0.717, 1.165) is 10.2 Å². The number of carbonyl (C=O) groups excluding carboxylic acids is 1. The van der Waals surface area contributed by atoms with Crippen LogP contribution in [0.25, 0.3) is 0 Å². The molecular formula is C21H17Cl2N5O5S. The lowest BCUT2D eigenvalue weighted by Gasteiger charge is -2.23. The van der Waals surface area contributed by atoms with E-state index >= 15 is 0 Å². The average molecular weight is 522 g/mol. The Morgan fingerprint density at radius 2 is 1.76 bits per heavy atom. The number of nitrogens with zero attached hydrogens (tertiary/aromatic N) is 5. The highest BCUT2D eigenvalue weighted by Crippen LogP contribution is 2.43. The molecule has 1 aromatic heterocycles. The number of hydrogen-bond acceptors (Lipinski definition) is 7. The number of nitro benzene ring substituents is 1. The quantitative estimate of drug-likeness (QED) is 0.365. The highest BCUT2D eigenvalue weighted by molar-refractivity contribution is 7.90. The van der Waals surface area contributed by atoms with Gasteiger partial charge in [0.2, 0.25) is 5.91 Å². The first-order chi connectivity index (χ1) is 16.2. The van der Waals surface area contributed by atoms with Crippen molar-refractivity contribution < 1.29 is 18.1 Å². The summed E-state index contributed by atoms with van der Waals surface area (Å²) < 4.78 is 28.0. The summed E-state index contributed by atoms with van der Waals surface area (Å²) in [5.41, 5.74) is 0.733. The third kappa shape index (κ3) is 3.51. The Balaban J connectivity index is 1.61. The van der Waals surface area contributed by atoms with Crippen LogP contribution in [0, 0.1) is 10.1 Å². The Morgan fingerprint density at radius 1 is 1.03 bits per heavy atom. The fourth-order valence-corrected chi connectivity index (χ4v) is 6.25. The van der Waals surface area contributed by atoms with Crippen LogP contribution in [0.1, 0.15) is 18.4 Å². The molecule has 1 saturated heterocycles. The molecule has 10 nitrogen and oxygen atoms in total. The summed E-state index contributed by atoms with van der Waals surface area (Å²) in [5, 5.41) is 16.5. The first kappa shape index (κ1) is 22.6. The number of amides is 1. The molecule has 1 fully saturated rings. The van der Waals surface area contributed by atoms with Crippen molar-refractivity contribution in [2.24, 2.45) is 0 Å². The van der Waals surface area contributed by atoms with Crippen LogP contribution in [0.5, 0.6) is 0 Å². The molecule has 2 aromatic carbocycles. The van der Waals surface area contributed by atoms with Gasteiger partial charge in [-0.1, -0.05) is 29.3 Å². The molecular weight excluding hydrogens is 505 g/mol. The van der Waals surface area contributed by atoms with Gasteiger partial charge < -0.3 is 9.80 Å². The lowest BCUT2D eigenvalue weighted by atomic mass is 10.2. The number of anilines is 3. The van der Waals surface area contributed by atoms with Crippen molar-refractivity contribution >= 4 is 62.0 Å². The molecule has 0 radical (unpaired) electrons. The van der Waals surface area contributed by atoms with Crippen LogP contribution in [-0.2, 0) is 21.2 Å². The van der Waals surface area contributed by atoms with Crippen molar-refractivity contribution in [2.75, 3.05) is 22.9 Å². The van der Waals surface area contributed by atoms with Gasteiger partial charge in [-0.3, -0.25) is 14.9 Å². The molecule has 176 valence electrons. The van der Waals surface area contributed by atoms with Gasteiger partial charge in [0.05, 0.1) is 31.7 Å². The normalized spacial score (nSPS) is 15.8. The van der Waals surface area contributed by atoms with E-state index < -0.39 is 20.6 Å². The molecule has 13 heteroatoms. The summed E-state index contributed by atoms with van der Waals surface area (Å²) in [6.07, 6.45) is 2.83. The SMILES string of the molecule is O=C1CCCN1c1ccc(S(=O)(=O)n2ncc3c2N(c2c(Cl)cccc2Cl)CC3)cc1[N+](=O)[O-]. The summed E-state index contributed by atoms with van der Waals surface area (Å²) in [6.45, 7) is 0.772. The van der Waals surface area contributed by atoms with Crippen molar-refractivity contribution in [1.29, 1.82) is 0 Å². The fourth-order valence-electron chi connectivity index (χ4n) is 4.33. The summed E-state index contributed by atoms with van der Waals surface area (Å²) >= 11 is 12.7. The second kappa shape index (κ2) is 8.26. The number of hydrogen-bond donors (Lipinski definition) is 0. The molecule has 2 aliphatic rings. The molecule has 0 saturated carbocycles. The van der Waals surface area contributed by atoms with E-state index in [2.05, 4.69) is 5.10 Å². The zero-order valence-electron chi connectivity index (χ0n) is 17.5. The number of carbonyl (C=O) groups is 1. The molecule has 3 heterocycles. The maximum Gasteiger partial charge on any atom is 0.294 e. The number of nitro groups is 1. The van der Waals surface area contributed by atoms with E-state index in [-0.39, 0.29) is 28.7 Å². The second-order valence-electron chi connectivity index (χ2n) is 7.87. The van der Waals surface area contributed by atoms with Gasteiger partial charge in [-0.25, -0.2) is 0 Å². The standard InChI is InChI=1S/C21H17Cl2N5O5S/c22-15-3-1-4-16(23)20(15)26-10-8-13-12-24-27(21(13)26)34(32,33)14-6-7-17(18(11-14)28(30)31)25-9-2-5-19(25)29/h1,3-4,6-7,11-12H,2,5,8-10H2. The van der Waals surface area contributed by atoms with Crippen LogP contribution in [0.15, 0.2) is 47.5 Å². The van der Waals surface area contributed by atoms with E-state index in [1.54, 1.807) is 23.1 Å². The van der Waals surface area contributed by atoms with Gasteiger partial charge in [0.1, 0.15) is 5.69 Å². The zero-order chi connectivity index (χ0) is 24.2. The number of fused-ring (bicyclic) bond motifs is 1. The summed E-state index contributed by atoms with van der Waals surface area (Å²) in [6, 6.07) is 8.49. The van der Waals surface area contributed by atoms with E-state index in [9.17, 15) is 23.3 Å². The van der Waals surface area contributed by atoms with Crippen molar-refractivity contribution in [3.8, 4) is 0 Å². The number of rotatable bonds is 5. The summed E-state index contributed by atoms with van der Waals surface area (Å²) in [7, 11) is -4.33. The summed E-state index contributed by atoms with van der Waals surface area (Å²) in [4.78, 5) is 25.8. The number of aromatic nitrogens is 2. The van der Waals surface area contributed by atoms with Gasteiger partial charge in [0.25, 0.3) is 15.7 Å². The minimum atomic E-state index is -4.33. The lowest BCUT2D eigenvalue weighted by molar-refractivity contribution is -0.384. The first-order valence-corrected chi connectivity index (χ1v) is 12.5. The van der Waals surface area contributed by atoms with Crippen molar-refractivity contribution in [2.45, 2.75) is 24.2 Å². The van der Waals surface area contributed by atoms with Crippen molar-refractivity contribution in [3.63, 3.8) is 0 Å². The molecule has 0 unspecified atom stereocenters. The van der Waals surface area contributed by atoms with Gasteiger partial charge in [0, 0.05) is 31.1 Å². The van der Waals surface area contributed by atoms with Crippen LogP contribution in [0.4, 0.5) is 22.9 Å². The van der Waals surface area contributed by atoms with E-state index in [1.807, 2.05) is 0 Å². The predicted molar refractivity (Wildman–Crippen MR) is 127 cm³/mol. The molecule has 5 rings (SSSR count). The fraction of sp³-hybridized carbons (Fsp3) is 0.238. The molecule has 0 aliphatic carbocycles. The van der Waals surface area contributed by atoms with Crippen LogP contribution < -0.4 is 9.80 Å². The van der Waals surface area contributed by atoms with E-state index in [1.165, 1.54) is 23.2 Å². The largest absolute Gasteiger partial charge is 0.322 e. The van der Waals surface area contributed by atoms with Gasteiger partial charge in [-0.2, -0.15) is 13.5 Å². The smallest absolute Gasteiger partial charge is 0.294 e. The summed E-state index contributed by atoms with van der Waals surface area (Å²) in [5.74, 6) is 0.0345. The van der Waals surface area contributed by atoms with E-state index in [0.29, 0.717) is 47.2 Å². The first-order valence-electron chi connectivity index (χ1n) is 10.3. The second-order valence-corrected chi connectivity index (χ2v) is 10.5. The van der Waals surface area contributed by atoms with Gasteiger partial charge in [-0.05, 0) is 37.1 Å². The third-order valence-electron chi connectivity index (χ3n) is 5.89. The van der Waals surface area contributed by atoms with Crippen LogP contribution >= 0.6 is 23.2 Å². The molecule has 3 aromatic rings. The van der Waals surface area contributed by atoms with E-state index in [4.69, 9.17) is 23.2 Å². The van der Waals surface area contributed by atoms with Crippen LogP contribution in [0.3, 0.4) is 0 Å². The lowest BCUT2D eigenvalue weighted by Crippen LogP contribution is -2.25. The maximum absolute atomic E-state index is 13.6. The molecule has 0 N–H and O–H groups in total. The number of benzene rings is 2. The zero-order valence-corrected chi connectivity index (χ0v) is 19.8. The highest BCUT2D eigenvalue weighted by Gasteiger charge is 2.35. The molecule has 34 heavy (non-hydrogen) atoms. The minimum absolute atomic E-state index is 0.0709. The van der Waals surface area contributed by atoms with Crippen molar-refractivity contribution in [3.05, 3.63) is 68.3 Å². The Kier molecular flexibility index (Phi) is 5.50. The molecule has 2 aliphatic heterocycles. The molecule has 0 bridgehead atoms. The Hall–Kier alpha value is -3.15.